The Labute approximate surface area is 162 Å². The van der Waals surface area contributed by atoms with Gasteiger partial charge in [-0.3, -0.25) is 9.69 Å². The molecular formula is C21H32N2O4. The monoisotopic (exact) mass is 376 g/mol. The first-order valence-electron chi connectivity index (χ1n) is 10.1. The molecule has 150 valence electrons. The van der Waals surface area contributed by atoms with Crippen LogP contribution in [0.4, 0.5) is 0 Å². The van der Waals surface area contributed by atoms with Crippen LogP contribution >= 0.6 is 0 Å². The number of ether oxygens (including phenoxy) is 3. The largest absolute Gasteiger partial charge is 0.497 e. The third kappa shape index (κ3) is 6.19. The Bertz CT molecular complexity index is 566. The quantitative estimate of drug-likeness (QED) is 0.694. The van der Waals surface area contributed by atoms with Crippen molar-refractivity contribution in [3.63, 3.8) is 0 Å². The van der Waals surface area contributed by atoms with Crippen LogP contribution in [0.15, 0.2) is 24.3 Å². The van der Waals surface area contributed by atoms with Crippen LogP contribution in [0, 0.1) is 0 Å². The van der Waals surface area contributed by atoms with Crippen molar-refractivity contribution in [3.05, 3.63) is 29.8 Å². The van der Waals surface area contributed by atoms with Crippen LogP contribution in [-0.4, -0.2) is 81.5 Å². The molecule has 6 nitrogen and oxygen atoms in total. The summed E-state index contributed by atoms with van der Waals surface area (Å²) < 4.78 is 16.1. The highest BCUT2D eigenvalue weighted by Crippen LogP contribution is 2.18. The Balaban J connectivity index is 1.56. The molecular weight excluding hydrogens is 344 g/mol. The predicted octanol–water partition coefficient (Wildman–Crippen LogP) is 1.97. The highest BCUT2D eigenvalue weighted by atomic mass is 16.5. The zero-order chi connectivity index (χ0) is 18.9. The van der Waals surface area contributed by atoms with E-state index in [9.17, 15) is 4.79 Å². The zero-order valence-corrected chi connectivity index (χ0v) is 16.4. The number of morpholine rings is 1. The number of rotatable bonds is 8. The van der Waals surface area contributed by atoms with Crippen LogP contribution in [0.3, 0.4) is 0 Å². The number of nitrogens with zero attached hydrogens (tertiary/aromatic N) is 2. The minimum atomic E-state index is 0.217. The van der Waals surface area contributed by atoms with E-state index in [0.717, 1.165) is 83.2 Å². The summed E-state index contributed by atoms with van der Waals surface area (Å²) in [6, 6.07) is 8.09. The Morgan fingerprint density at radius 3 is 2.44 bits per heavy atom. The molecule has 2 saturated heterocycles. The second-order valence-corrected chi connectivity index (χ2v) is 7.26. The van der Waals surface area contributed by atoms with E-state index in [1.807, 2.05) is 24.3 Å². The minimum Gasteiger partial charge on any atom is -0.497 e. The summed E-state index contributed by atoms with van der Waals surface area (Å²) >= 11 is 0. The Morgan fingerprint density at radius 1 is 1.11 bits per heavy atom. The summed E-state index contributed by atoms with van der Waals surface area (Å²) in [5.41, 5.74) is 1.03. The van der Waals surface area contributed by atoms with Crippen molar-refractivity contribution in [2.45, 2.75) is 31.7 Å². The Morgan fingerprint density at radius 2 is 1.78 bits per heavy atom. The molecule has 0 atom stereocenters. The van der Waals surface area contributed by atoms with Gasteiger partial charge in [0.05, 0.1) is 26.7 Å². The number of benzene rings is 1. The highest BCUT2D eigenvalue weighted by molar-refractivity contribution is 5.79. The van der Waals surface area contributed by atoms with Crippen molar-refractivity contribution in [2.75, 3.05) is 59.7 Å². The van der Waals surface area contributed by atoms with Crippen LogP contribution in [0.25, 0.3) is 0 Å². The van der Waals surface area contributed by atoms with Crippen molar-refractivity contribution in [3.8, 4) is 5.75 Å². The third-order valence-electron chi connectivity index (χ3n) is 5.44. The minimum absolute atomic E-state index is 0.217. The van der Waals surface area contributed by atoms with Gasteiger partial charge in [0.15, 0.2) is 0 Å². The van der Waals surface area contributed by atoms with Gasteiger partial charge in [-0.1, -0.05) is 12.1 Å². The van der Waals surface area contributed by atoms with E-state index in [1.165, 1.54) is 0 Å². The fourth-order valence-corrected chi connectivity index (χ4v) is 3.82. The average molecular weight is 376 g/mol. The summed E-state index contributed by atoms with van der Waals surface area (Å²) in [5.74, 6) is 1.03. The standard InChI is InChI=1S/C21H32N2O4/c1-25-20-5-3-18(4-6-20)17-21(24)23(19-7-13-26-14-8-19)10-2-9-22-11-15-27-16-12-22/h3-6,19H,2,7-17H2,1H3. The fourth-order valence-electron chi connectivity index (χ4n) is 3.82. The molecule has 0 bridgehead atoms. The van der Waals surface area contributed by atoms with Crippen LogP contribution in [0.1, 0.15) is 24.8 Å². The van der Waals surface area contributed by atoms with Gasteiger partial charge < -0.3 is 19.1 Å². The normalized spacial score (nSPS) is 19.0. The first kappa shape index (κ1) is 20.1. The molecule has 0 unspecified atom stereocenters. The molecule has 0 radical (unpaired) electrons. The van der Waals surface area contributed by atoms with Gasteiger partial charge in [-0.15, -0.1) is 0 Å². The number of hydrogen-bond donors (Lipinski definition) is 0. The van der Waals surface area contributed by atoms with Crippen molar-refractivity contribution in [1.82, 2.24) is 9.80 Å². The molecule has 0 N–H and O–H groups in total. The van der Waals surface area contributed by atoms with Crippen molar-refractivity contribution < 1.29 is 19.0 Å². The molecule has 0 saturated carbocycles. The zero-order valence-electron chi connectivity index (χ0n) is 16.4. The number of carbonyl (C=O) groups is 1. The maximum Gasteiger partial charge on any atom is 0.227 e. The predicted molar refractivity (Wildman–Crippen MR) is 104 cm³/mol. The maximum atomic E-state index is 13.1. The fraction of sp³-hybridized carbons (Fsp3) is 0.667. The van der Waals surface area contributed by atoms with E-state index in [1.54, 1.807) is 7.11 Å². The lowest BCUT2D eigenvalue weighted by Gasteiger charge is -2.35. The van der Waals surface area contributed by atoms with Gasteiger partial charge in [0.25, 0.3) is 0 Å². The summed E-state index contributed by atoms with van der Waals surface area (Å²) in [6.07, 6.45) is 3.32. The van der Waals surface area contributed by atoms with Gasteiger partial charge in [-0.2, -0.15) is 0 Å². The molecule has 1 aromatic rings. The van der Waals surface area contributed by atoms with E-state index in [0.29, 0.717) is 12.5 Å². The summed E-state index contributed by atoms with van der Waals surface area (Å²) in [6.45, 7) is 6.98. The molecule has 0 spiro atoms. The number of methoxy groups -OCH3 is 1. The van der Waals surface area contributed by atoms with E-state index in [2.05, 4.69) is 9.80 Å². The third-order valence-corrected chi connectivity index (χ3v) is 5.44. The van der Waals surface area contributed by atoms with Gasteiger partial charge in [-0.05, 0) is 37.0 Å². The van der Waals surface area contributed by atoms with E-state index < -0.39 is 0 Å². The van der Waals surface area contributed by atoms with E-state index >= 15 is 0 Å². The summed E-state index contributed by atoms with van der Waals surface area (Å²) in [7, 11) is 1.65. The van der Waals surface area contributed by atoms with Crippen LogP contribution in [-0.2, 0) is 20.7 Å². The van der Waals surface area contributed by atoms with Gasteiger partial charge in [0, 0.05) is 45.4 Å². The molecule has 2 aliphatic rings. The van der Waals surface area contributed by atoms with E-state index in [4.69, 9.17) is 14.2 Å². The summed E-state index contributed by atoms with van der Waals surface area (Å²) in [5, 5.41) is 0. The van der Waals surface area contributed by atoms with Crippen LogP contribution in [0.2, 0.25) is 0 Å². The topological polar surface area (TPSA) is 51.2 Å². The lowest BCUT2D eigenvalue weighted by molar-refractivity contribution is -0.134. The molecule has 2 fully saturated rings. The molecule has 1 aromatic carbocycles. The lowest BCUT2D eigenvalue weighted by Crippen LogP contribution is -2.46. The second kappa shape index (κ2) is 10.6. The molecule has 6 heteroatoms. The smallest absolute Gasteiger partial charge is 0.227 e. The molecule has 0 aromatic heterocycles. The lowest BCUT2D eigenvalue weighted by atomic mass is 10.0. The highest BCUT2D eigenvalue weighted by Gasteiger charge is 2.25. The second-order valence-electron chi connectivity index (χ2n) is 7.26. The molecule has 1 amide bonds. The molecule has 2 aliphatic heterocycles. The molecule has 27 heavy (non-hydrogen) atoms. The molecule has 3 rings (SSSR count). The molecule has 2 heterocycles. The Kier molecular flexibility index (Phi) is 7.93. The van der Waals surface area contributed by atoms with Crippen LogP contribution in [0.5, 0.6) is 5.75 Å². The van der Waals surface area contributed by atoms with Gasteiger partial charge in [-0.25, -0.2) is 0 Å². The summed E-state index contributed by atoms with van der Waals surface area (Å²) in [4.78, 5) is 17.6. The first-order valence-corrected chi connectivity index (χ1v) is 10.1. The van der Waals surface area contributed by atoms with Crippen molar-refractivity contribution in [1.29, 1.82) is 0 Å². The maximum absolute atomic E-state index is 13.1. The number of hydrogen-bond acceptors (Lipinski definition) is 5. The van der Waals surface area contributed by atoms with Gasteiger partial charge in [0.2, 0.25) is 5.91 Å². The Hall–Kier alpha value is -1.63. The SMILES string of the molecule is COc1ccc(CC(=O)N(CCCN2CCOCC2)C2CCOCC2)cc1. The van der Waals surface area contributed by atoms with E-state index in [-0.39, 0.29) is 5.91 Å². The van der Waals surface area contributed by atoms with Crippen molar-refractivity contribution in [2.24, 2.45) is 0 Å². The number of amides is 1. The number of carbonyl (C=O) groups excluding carboxylic acids is 1. The van der Waals surface area contributed by atoms with Gasteiger partial charge >= 0.3 is 0 Å². The molecule has 0 aliphatic carbocycles. The van der Waals surface area contributed by atoms with Gasteiger partial charge in [0.1, 0.15) is 5.75 Å². The average Bonchev–Trinajstić information content (AvgIpc) is 2.73. The van der Waals surface area contributed by atoms with Crippen LogP contribution < -0.4 is 4.74 Å². The van der Waals surface area contributed by atoms with Crippen molar-refractivity contribution >= 4 is 5.91 Å². The first-order chi connectivity index (χ1) is 13.3.